The molecule has 0 bridgehead atoms. The number of piperidine rings is 1. The largest absolute Gasteiger partial charge is 0.444 e. The highest BCUT2D eigenvalue weighted by Gasteiger charge is 2.35. The van der Waals surface area contributed by atoms with Crippen molar-refractivity contribution in [2.24, 2.45) is 16.6 Å². The van der Waals surface area contributed by atoms with E-state index in [1.54, 1.807) is 0 Å². The number of hydrogen-bond donors (Lipinski definition) is 2. The molecule has 29 heavy (non-hydrogen) atoms. The third-order valence-corrected chi connectivity index (χ3v) is 4.86. The Morgan fingerprint density at radius 1 is 1.28 bits per heavy atom. The second-order valence-corrected chi connectivity index (χ2v) is 8.77. The third-order valence-electron chi connectivity index (χ3n) is 4.86. The van der Waals surface area contributed by atoms with Crippen molar-refractivity contribution < 1.29 is 14.3 Å². The average Bonchev–Trinajstić information content (AvgIpc) is 3.40. The number of guanidine groups is 1. The lowest BCUT2D eigenvalue weighted by molar-refractivity contribution is -0.119. The number of nitrogens with two attached hydrogens (primary N) is 1. The Bertz CT molecular complexity index is 575. The Balaban J connectivity index is 0.00000420. The number of ether oxygens (including phenoxy) is 1. The van der Waals surface area contributed by atoms with Gasteiger partial charge in [0.05, 0.1) is 6.54 Å². The van der Waals surface area contributed by atoms with Gasteiger partial charge in [0.15, 0.2) is 5.96 Å². The number of hydrogen-bond acceptors (Lipinski definition) is 4. The summed E-state index contributed by atoms with van der Waals surface area (Å²) in [6.07, 6.45) is 4.27. The fourth-order valence-electron chi connectivity index (χ4n) is 3.53. The lowest BCUT2D eigenvalue weighted by Gasteiger charge is -2.34. The summed E-state index contributed by atoms with van der Waals surface area (Å²) >= 11 is 0. The van der Waals surface area contributed by atoms with Gasteiger partial charge in [-0.05, 0) is 59.3 Å². The zero-order valence-electron chi connectivity index (χ0n) is 18.3. The van der Waals surface area contributed by atoms with Crippen LogP contribution in [0.3, 0.4) is 0 Å². The summed E-state index contributed by atoms with van der Waals surface area (Å²) in [5.41, 5.74) is 4.88. The van der Waals surface area contributed by atoms with Crippen molar-refractivity contribution in [3.05, 3.63) is 0 Å². The minimum Gasteiger partial charge on any atom is -0.444 e. The maximum Gasteiger partial charge on any atom is 0.410 e. The van der Waals surface area contributed by atoms with Gasteiger partial charge in [-0.25, -0.2) is 4.79 Å². The van der Waals surface area contributed by atoms with Crippen LogP contribution in [0.5, 0.6) is 0 Å². The molecular weight excluding hydrogens is 485 g/mol. The SMILES string of the molecule is CCNC(=NCCN(C(=O)OC(C)(C)C)C1CC1)N1CCCC(CC(N)=O)C1.I. The molecule has 1 unspecified atom stereocenters. The molecule has 0 spiro atoms. The fourth-order valence-corrected chi connectivity index (χ4v) is 3.53. The van der Waals surface area contributed by atoms with Crippen molar-refractivity contribution in [3.8, 4) is 0 Å². The van der Waals surface area contributed by atoms with Crippen LogP contribution in [0.2, 0.25) is 0 Å². The lowest BCUT2D eigenvalue weighted by Crippen LogP contribution is -2.47. The van der Waals surface area contributed by atoms with Gasteiger partial charge in [-0.1, -0.05) is 0 Å². The number of primary amides is 1. The normalized spacial score (nSPS) is 19.9. The average molecular weight is 523 g/mol. The van der Waals surface area contributed by atoms with Gasteiger partial charge in [0, 0.05) is 38.6 Å². The molecule has 2 aliphatic rings. The van der Waals surface area contributed by atoms with E-state index in [4.69, 9.17) is 15.5 Å². The number of nitrogens with one attached hydrogen (secondary N) is 1. The van der Waals surface area contributed by atoms with Gasteiger partial charge in [-0.15, -0.1) is 24.0 Å². The van der Waals surface area contributed by atoms with Gasteiger partial charge in [0.1, 0.15) is 5.60 Å². The van der Waals surface area contributed by atoms with Crippen LogP contribution in [0.1, 0.15) is 59.8 Å². The molecule has 9 heteroatoms. The van der Waals surface area contributed by atoms with Crippen LogP contribution in [0.25, 0.3) is 0 Å². The molecule has 168 valence electrons. The van der Waals surface area contributed by atoms with Crippen LogP contribution >= 0.6 is 24.0 Å². The zero-order valence-corrected chi connectivity index (χ0v) is 20.6. The Labute approximate surface area is 192 Å². The predicted octanol–water partition coefficient (Wildman–Crippen LogP) is 2.56. The molecule has 0 aromatic rings. The van der Waals surface area contributed by atoms with Gasteiger partial charge >= 0.3 is 6.09 Å². The van der Waals surface area contributed by atoms with E-state index in [0.717, 1.165) is 51.3 Å². The Morgan fingerprint density at radius 3 is 2.52 bits per heavy atom. The third kappa shape index (κ3) is 9.39. The molecular formula is C20H38IN5O3. The molecule has 1 aliphatic heterocycles. The van der Waals surface area contributed by atoms with Crippen molar-refractivity contribution >= 4 is 41.9 Å². The number of nitrogens with zero attached hydrogens (tertiary/aromatic N) is 3. The molecule has 0 radical (unpaired) electrons. The standard InChI is InChI=1S/C20H37N5O3.HI/c1-5-22-18(24-11-6-7-15(14-24)13-17(21)26)23-10-12-25(16-8-9-16)19(27)28-20(2,3)4;/h15-16H,5-14H2,1-4H3,(H2,21,26)(H,22,23);1H. The van der Waals surface area contributed by atoms with Crippen molar-refractivity contribution in [2.75, 3.05) is 32.7 Å². The van der Waals surface area contributed by atoms with Crippen molar-refractivity contribution in [1.82, 2.24) is 15.1 Å². The number of amides is 2. The Kier molecular flexibility index (Phi) is 10.5. The number of aliphatic imine (C=N–C) groups is 1. The molecule has 8 nitrogen and oxygen atoms in total. The van der Waals surface area contributed by atoms with Gasteiger partial charge in [0.2, 0.25) is 5.91 Å². The zero-order chi connectivity index (χ0) is 20.7. The smallest absolute Gasteiger partial charge is 0.410 e. The molecule has 0 aromatic heterocycles. The summed E-state index contributed by atoms with van der Waals surface area (Å²) in [5.74, 6) is 0.877. The molecule has 3 N–H and O–H groups in total. The van der Waals surface area contributed by atoms with Gasteiger partial charge in [-0.2, -0.15) is 0 Å². The highest BCUT2D eigenvalue weighted by molar-refractivity contribution is 14.0. The van der Waals surface area contributed by atoms with E-state index in [0.29, 0.717) is 19.5 Å². The molecule has 1 saturated carbocycles. The highest BCUT2D eigenvalue weighted by Crippen LogP contribution is 2.28. The molecule has 1 aliphatic carbocycles. The molecule has 1 saturated heterocycles. The van der Waals surface area contributed by atoms with Crippen LogP contribution in [0.15, 0.2) is 4.99 Å². The number of halogens is 1. The Hall–Kier alpha value is -1.26. The van der Waals surface area contributed by atoms with E-state index in [9.17, 15) is 9.59 Å². The van der Waals surface area contributed by atoms with Crippen LogP contribution in [0, 0.1) is 5.92 Å². The van der Waals surface area contributed by atoms with E-state index < -0.39 is 5.60 Å². The Morgan fingerprint density at radius 2 is 1.97 bits per heavy atom. The van der Waals surface area contributed by atoms with E-state index in [2.05, 4.69) is 10.2 Å². The molecule has 2 fully saturated rings. The number of carbonyl (C=O) groups is 2. The summed E-state index contributed by atoms with van der Waals surface area (Å²) in [5, 5.41) is 3.34. The van der Waals surface area contributed by atoms with E-state index in [-0.39, 0.29) is 47.9 Å². The van der Waals surface area contributed by atoms with Crippen LogP contribution in [-0.2, 0) is 9.53 Å². The van der Waals surface area contributed by atoms with E-state index >= 15 is 0 Å². The first-order valence-electron chi connectivity index (χ1n) is 10.5. The minimum absolute atomic E-state index is 0. The van der Waals surface area contributed by atoms with Crippen molar-refractivity contribution in [3.63, 3.8) is 0 Å². The summed E-state index contributed by atoms with van der Waals surface area (Å²) in [6, 6.07) is 0.280. The first-order valence-corrected chi connectivity index (χ1v) is 10.5. The maximum atomic E-state index is 12.5. The van der Waals surface area contributed by atoms with Crippen molar-refractivity contribution in [2.45, 2.75) is 71.4 Å². The first-order chi connectivity index (χ1) is 13.2. The predicted molar refractivity (Wildman–Crippen MR) is 125 cm³/mol. The highest BCUT2D eigenvalue weighted by atomic mass is 127. The number of rotatable bonds is 7. The topological polar surface area (TPSA) is 100 Å². The number of carbonyl (C=O) groups excluding carboxylic acids is 2. The van der Waals surface area contributed by atoms with Gasteiger partial charge in [-0.3, -0.25) is 9.79 Å². The fraction of sp³-hybridized carbons (Fsp3) is 0.850. The van der Waals surface area contributed by atoms with Crippen LogP contribution < -0.4 is 11.1 Å². The quantitative estimate of drug-likeness (QED) is 0.304. The molecule has 0 aromatic carbocycles. The monoisotopic (exact) mass is 523 g/mol. The van der Waals surface area contributed by atoms with E-state index in [1.807, 2.05) is 32.6 Å². The first kappa shape index (κ1) is 25.8. The lowest BCUT2D eigenvalue weighted by atomic mass is 9.95. The summed E-state index contributed by atoms with van der Waals surface area (Å²) in [6.45, 7) is 11.2. The molecule has 2 rings (SSSR count). The second kappa shape index (κ2) is 11.8. The minimum atomic E-state index is -0.494. The van der Waals surface area contributed by atoms with Crippen LogP contribution in [-0.4, -0.2) is 72.1 Å². The summed E-state index contributed by atoms with van der Waals surface area (Å²) < 4.78 is 5.54. The van der Waals surface area contributed by atoms with Crippen molar-refractivity contribution in [1.29, 1.82) is 0 Å². The van der Waals surface area contributed by atoms with Crippen LogP contribution in [0.4, 0.5) is 4.79 Å². The summed E-state index contributed by atoms with van der Waals surface area (Å²) in [7, 11) is 0. The van der Waals surface area contributed by atoms with Gasteiger partial charge in [0.25, 0.3) is 0 Å². The van der Waals surface area contributed by atoms with Gasteiger partial charge < -0.3 is 25.6 Å². The van der Waals surface area contributed by atoms with E-state index in [1.165, 1.54) is 0 Å². The molecule has 1 heterocycles. The maximum absolute atomic E-state index is 12.5. The second-order valence-electron chi connectivity index (χ2n) is 8.77. The summed E-state index contributed by atoms with van der Waals surface area (Å²) in [4.78, 5) is 32.5. The number of likely N-dealkylation sites (tertiary alicyclic amines) is 1. The molecule has 1 atom stereocenters. The molecule has 2 amide bonds.